The number of anilines is 1. The Morgan fingerprint density at radius 3 is 2.52 bits per heavy atom. The molecule has 29 heavy (non-hydrogen) atoms. The van der Waals surface area contributed by atoms with Crippen LogP contribution in [0, 0.1) is 10.1 Å². The van der Waals surface area contributed by atoms with Crippen LogP contribution in [0.1, 0.15) is 28.8 Å². The van der Waals surface area contributed by atoms with Gasteiger partial charge in [-0.1, -0.05) is 12.1 Å². The Hall–Kier alpha value is -3.13. The summed E-state index contributed by atoms with van der Waals surface area (Å²) in [5, 5.41) is 14.3. The van der Waals surface area contributed by atoms with Gasteiger partial charge >= 0.3 is 0 Å². The third kappa shape index (κ3) is 5.45. The van der Waals surface area contributed by atoms with Crippen LogP contribution in [0.25, 0.3) is 0 Å². The summed E-state index contributed by atoms with van der Waals surface area (Å²) in [6, 6.07) is 12.0. The topological polar surface area (TPSA) is 93.9 Å². The molecule has 8 nitrogen and oxygen atoms in total. The fourth-order valence-corrected chi connectivity index (χ4v) is 3.27. The van der Waals surface area contributed by atoms with Crippen LogP contribution >= 0.6 is 0 Å². The summed E-state index contributed by atoms with van der Waals surface area (Å²) in [6.45, 7) is 2.91. The molecular formula is C21H25N3O5. The van der Waals surface area contributed by atoms with Gasteiger partial charge in [0.05, 0.1) is 11.5 Å². The highest BCUT2D eigenvalue weighted by Crippen LogP contribution is 2.31. The molecule has 0 spiro atoms. The predicted molar refractivity (Wildman–Crippen MR) is 110 cm³/mol. The first kappa shape index (κ1) is 20.6. The number of hydrogen-bond acceptors (Lipinski definition) is 6. The highest BCUT2D eigenvalue weighted by Gasteiger charge is 2.23. The summed E-state index contributed by atoms with van der Waals surface area (Å²) in [7, 11) is 1.61. The lowest BCUT2D eigenvalue weighted by Gasteiger charge is -2.17. The molecule has 154 valence electrons. The maximum atomic E-state index is 12.5. The van der Waals surface area contributed by atoms with Crippen LogP contribution in [0.2, 0.25) is 0 Å². The van der Waals surface area contributed by atoms with Gasteiger partial charge in [-0.05, 0) is 42.7 Å². The Balaban J connectivity index is 1.61. The van der Waals surface area contributed by atoms with Crippen LogP contribution in [-0.4, -0.2) is 44.2 Å². The van der Waals surface area contributed by atoms with Crippen molar-refractivity contribution in [1.29, 1.82) is 0 Å². The van der Waals surface area contributed by atoms with E-state index in [-0.39, 0.29) is 17.2 Å². The average molecular weight is 399 g/mol. The molecule has 0 radical (unpaired) electrons. The number of carbonyl (C=O) groups excluding carboxylic acids is 1. The summed E-state index contributed by atoms with van der Waals surface area (Å²) < 4.78 is 10.4. The number of carbonyl (C=O) groups is 1. The average Bonchev–Trinajstić information content (AvgIpc) is 3.27. The molecule has 0 atom stereocenters. The zero-order chi connectivity index (χ0) is 20.6. The number of hydrogen-bond donors (Lipinski definition) is 1. The van der Waals surface area contributed by atoms with Crippen molar-refractivity contribution in [2.45, 2.75) is 19.4 Å². The van der Waals surface area contributed by atoms with E-state index in [1.807, 2.05) is 29.2 Å². The lowest BCUT2D eigenvalue weighted by molar-refractivity contribution is -0.384. The smallest absolute Gasteiger partial charge is 0.293 e. The molecule has 1 fully saturated rings. The Kier molecular flexibility index (Phi) is 7.02. The van der Waals surface area contributed by atoms with Crippen molar-refractivity contribution in [2.24, 2.45) is 0 Å². The van der Waals surface area contributed by atoms with Gasteiger partial charge in [0.15, 0.2) is 0 Å². The van der Waals surface area contributed by atoms with Gasteiger partial charge in [-0.15, -0.1) is 0 Å². The molecule has 3 rings (SSSR count). The number of nitro benzene ring substituents is 1. The van der Waals surface area contributed by atoms with Crippen LogP contribution in [0.5, 0.6) is 5.75 Å². The highest BCUT2D eigenvalue weighted by molar-refractivity contribution is 5.95. The van der Waals surface area contributed by atoms with Crippen LogP contribution in [0.15, 0.2) is 42.5 Å². The first-order valence-corrected chi connectivity index (χ1v) is 9.61. The molecule has 2 aromatic rings. The van der Waals surface area contributed by atoms with Gasteiger partial charge < -0.3 is 19.7 Å². The first-order chi connectivity index (χ1) is 14.1. The Morgan fingerprint density at radius 1 is 1.14 bits per heavy atom. The van der Waals surface area contributed by atoms with E-state index in [9.17, 15) is 14.9 Å². The molecule has 0 aromatic heterocycles. The summed E-state index contributed by atoms with van der Waals surface area (Å²) in [6.07, 6.45) is 2.05. The number of benzene rings is 2. The lowest BCUT2D eigenvalue weighted by atomic mass is 10.1. The van der Waals surface area contributed by atoms with E-state index < -0.39 is 4.92 Å². The Bertz CT molecular complexity index is 848. The molecule has 0 bridgehead atoms. The van der Waals surface area contributed by atoms with Crippen molar-refractivity contribution < 1.29 is 19.2 Å². The summed E-state index contributed by atoms with van der Waals surface area (Å²) >= 11 is 0. The maximum Gasteiger partial charge on any atom is 0.293 e. The molecule has 1 aliphatic rings. The van der Waals surface area contributed by atoms with Gasteiger partial charge in [0.25, 0.3) is 11.6 Å². The van der Waals surface area contributed by atoms with Crippen molar-refractivity contribution in [3.63, 3.8) is 0 Å². The lowest BCUT2D eigenvalue weighted by Crippen LogP contribution is -2.23. The zero-order valence-corrected chi connectivity index (χ0v) is 16.4. The van der Waals surface area contributed by atoms with Gasteiger partial charge in [-0.3, -0.25) is 14.9 Å². The van der Waals surface area contributed by atoms with E-state index >= 15 is 0 Å². The quantitative estimate of drug-likeness (QED) is 0.395. The fourth-order valence-electron chi connectivity index (χ4n) is 3.27. The van der Waals surface area contributed by atoms with Crippen LogP contribution < -0.4 is 15.0 Å². The number of amides is 1. The summed E-state index contributed by atoms with van der Waals surface area (Å²) in [4.78, 5) is 25.5. The van der Waals surface area contributed by atoms with Crippen molar-refractivity contribution in [3.8, 4) is 5.75 Å². The molecular weight excluding hydrogens is 374 g/mol. The normalized spacial score (nSPS) is 13.3. The molecule has 2 aromatic carbocycles. The molecule has 1 N–H and O–H groups in total. The van der Waals surface area contributed by atoms with Crippen molar-refractivity contribution in [3.05, 3.63) is 63.7 Å². The minimum Gasteiger partial charge on any atom is -0.491 e. The summed E-state index contributed by atoms with van der Waals surface area (Å²) in [5.41, 5.74) is 1.73. The minimum atomic E-state index is -0.424. The van der Waals surface area contributed by atoms with E-state index in [0.29, 0.717) is 25.4 Å². The molecule has 1 amide bonds. The number of rotatable bonds is 9. The SMILES string of the molecule is COCCOc1ccc(CNC(=O)c2ccc(N3CCCC3)c([N+](=O)[O-])c2)cc1. The standard InChI is InChI=1S/C21H25N3O5/c1-28-12-13-29-18-7-4-16(5-8-18)15-22-21(25)17-6-9-19(20(14-17)24(26)27)23-10-2-3-11-23/h4-9,14H,2-3,10-13,15H2,1H3,(H,22,25). The summed E-state index contributed by atoms with van der Waals surface area (Å²) in [5.74, 6) is 0.381. The van der Waals surface area contributed by atoms with E-state index in [0.717, 1.165) is 37.2 Å². The monoisotopic (exact) mass is 399 g/mol. The van der Waals surface area contributed by atoms with E-state index in [1.165, 1.54) is 6.07 Å². The molecule has 1 heterocycles. The first-order valence-electron chi connectivity index (χ1n) is 9.61. The number of nitrogens with zero attached hydrogens (tertiary/aromatic N) is 2. The Labute approximate surface area is 169 Å². The fraction of sp³-hybridized carbons (Fsp3) is 0.381. The maximum absolute atomic E-state index is 12.5. The number of ether oxygens (including phenoxy) is 2. The zero-order valence-electron chi connectivity index (χ0n) is 16.4. The van der Waals surface area contributed by atoms with Gasteiger partial charge in [0, 0.05) is 38.4 Å². The van der Waals surface area contributed by atoms with Crippen LogP contribution in [0.4, 0.5) is 11.4 Å². The molecule has 0 aliphatic carbocycles. The third-order valence-electron chi connectivity index (χ3n) is 4.81. The van der Waals surface area contributed by atoms with E-state index in [1.54, 1.807) is 19.2 Å². The minimum absolute atomic E-state index is 0.0305. The van der Waals surface area contributed by atoms with E-state index in [4.69, 9.17) is 9.47 Å². The Morgan fingerprint density at radius 2 is 1.86 bits per heavy atom. The molecule has 0 saturated carbocycles. The molecule has 0 unspecified atom stereocenters. The largest absolute Gasteiger partial charge is 0.491 e. The van der Waals surface area contributed by atoms with Gasteiger partial charge in [-0.2, -0.15) is 0 Å². The van der Waals surface area contributed by atoms with Gasteiger partial charge in [-0.25, -0.2) is 0 Å². The second-order valence-corrected chi connectivity index (χ2v) is 6.82. The highest BCUT2D eigenvalue weighted by atomic mass is 16.6. The second-order valence-electron chi connectivity index (χ2n) is 6.82. The number of methoxy groups -OCH3 is 1. The predicted octanol–water partition coefficient (Wildman–Crippen LogP) is 3.15. The van der Waals surface area contributed by atoms with Crippen LogP contribution in [-0.2, 0) is 11.3 Å². The number of nitro groups is 1. The van der Waals surface area contributed by atoms with Crippen molar-refractivity contribution >= 4 is 17.3 Å². The van der Waals surface area contributed by atoms with Gasteiger partial charge in [0.2, 0.25) is 0 Å². The third-order valence-corrected chi connectivity index (χ3v) is 4.81. The second kappa shape index (κ2) is 9.88. The number of nitrogens with one attached hydrogen (secondary N) is 1. The molecule has 1 saturated heterocycles. The van der Waals surface area contributed by atoms with Crippen molar-refractivity contribution in [1.82, 2.24) is 5.32 Å². The van der Waals surface area contributed by atoms with Crippen molar-refractivity contribution in [2.75, 3.05) is 38.3 Å². The van der Waals surface area contributed by atoms with Crippen LogP contribution in [0.3, 0.4) is 0 Å². The molecule has 8 heteroatoms. The van der Waals surface area contributed by atoms with E-state index in [2.05, 4.69) is 5.32 Å². The molecule has 1 aliphatic heterocycles. The van der Waals surface area contributed by atoms with Gasteiger partial charge in [0.1, 0.15) is 18.0 Å².